The van der Waals surface area contributed by atoms with Crippen molar-refractivity contribution in [3.8, 4) is 0 Å². The molecule has 2 rings (SSSR count). The van der Waals surface area contributed by atoms with Gasteiger partial charge in [-0.2, -0.15) is 13.2 Å². The number of alkyl halides is 3. The highest BCUT2D eigenvalue weighted by molar-refractivity contribution is 5.76. The van der Waals surface area contributed by atoms with E-state index in [0.29, 0.717) is 32.4 Å². The van der Waals surface area contributed by atoms with Gasteiger partial charge in [-0.25, -0.2) is 0 Å². The van der Waals surface area contributed by atoms with E-state index in [1.54, 1.807) is 4.90 Å². The molecule has 1 aliphatic heterocycles. The molecule has 1 fully saturated rings. The Morgan fingerprint density at radius 1 is 1.36 bits per heavy atom. The molecular weight excluding hydrogens is 339 g/mol. The van der Waals surface area contributed by atoms with Crippen LogP contribution in [-0.4, -0.2) is 34.9 Å². The zero-order valence-corrected chi connectivity index (χ0v) is 13.8. The van der Waals surface area contributed by atoms with Crippen molar-refractivity contribution >= 4 is 17.3 Å². The fourth-order valence-corrected chi connectivity index (χ4v) is 2.89. The van der Waals surface area contributed by atoms with Gasteiger partial charge in [-0.05, 0) is 31.4 Å². The van der Waals surface area contributed by atoms with E-state index in [1.807, 2.05) is 6.92 Å². The van der Waals surface area contributed by atoms with Gasteiger partial charge >= 0.3 is 6.18 Å². The number of hydrogen-bond acceptors (Lipinski definition) is 4. The van der Waals surface area contributed by atoms with Crippen molar-refractivity contribution in [2.24, 2.45) is 0 Å². The van der Waals surface area contributed by atoms with Gasteiger partial charge in [0.2, 0.25) is 5.91 Å². The van der Waals surface area contributed by atoms with Crippen molar-refractivity contribution in [1.29, 1.82) is 0 Å². The number of likely N-dealkylation sites (tertiary alicyclic amines) is 1. The minimum Gasteiger partial charge on any atom is -0.382 e. The first-order chi connectivity index (χ1) is 11.7. The number of rotatable bonds is 5. The lowest BCUT2D eigenvalue weighted by atomic mass is 10.0. The molecule has 9 heteroatoms. The molecule has 0 radical (unpaired) electrons. The molecular formula is C16H20F3N3O3. The fraction of sp³-hybridized carbons (Fsp3) is 0.562. The first kappa shape index (κ1) is 19.0. The van der Waals surface area contributed by atoms with Crippen LogP contribution >= 0.6 is 0 Å². The van der Waals surface area contributed by atoms with Crippen molar-refractivity contribution in [2.45, 2.75) is 44.8 Å². The second-order valence-corrected chi connectivity index (χ2v) is 6.04. The number of carbonyl (C=O) groups excluding carboxylic acids is 1. The molecule has 0 saturated carbocycles. The number of nitrogens with zero attached hydrogens (tertiary/aromatic N) is 2. The average Bonchev–Trinajstić information content (AvgIpc) is 2.54. The van der Waals surface area contributed by atoms with E-state index >= 15 is 0 Å². The molecule has 1 amide bonds. The summed E-state index contributed by atoms with van der Waals surface area (Å²) in [6.07, 6.45) is -2.28. The lowest BCUT2D eigenvalue weighted by Gasteiger charge is -2.33. The maximum absolute atomic E-state index is 13.0. The molecule has 6 nitrogen and oxygen atoms in total. The normalized spacial score (nSPS) is 15.9. The molecule has 0 unspecified atom stereocenters. The quantitative estimate of drug-likeness (QED) is 0.641. The molecule has 1 N–H and O–H groups in total. The summed E-state index contributed by atoms with van der Waals surface area (Å²) in [4.78, 5) is 23.3. The van der Waals surface area contributed by atoms with Gasteiger partial charge in [-0.15, -0.1) is 0 Å². The number of benzene rings is 1. The molecule has 1 heterocycles. The number of halogens is 3. The number of hydrogen-bond donors (Lipinski definition) is 1. The van der Waals surface area contributed by atoms with Crippen molar-refractivity contribution in [2.75, 3.05) is 18.4 Å². The lowest BCUT2D eigenvalue weighted by molar-refractivity contribution is -0.388. The molecule has 0 bridgehead atoms. The van der Waals surface area contributed by atoms with E-state index in [-0.39, 0.29) is 17.6 Å². The largest absolute Gasteiger partial charge is 0.423 e. The van der Waals surface area contributed by atoms with E-state index < -0.39 is 22.4 Å². The number of carbonyl (C=O) groups is 1. The number of amides is 1. The molecule has 0 aromatic heterocycles. The molecule has 0 atom stereocenters. The van der Waals surface area contributed by atoms with Gasteiger partial charge in [-0.3, -0.25) is 14.9 Å². The van der Waals surface area contributed by atoms with Crippen LogP contribution in [-0.2, 0) is 11.0 Å². The van der Waals surface area contributed by atoms with Crippen LogP contribution in [0.15, 0.2) is 18.2 Å². The second kappa shape index (κ2) is 7.71. The molecule has 1 saturated heterocycles. The highest BCUT2D eigenvalue weighted by Crippen LogP contribution is 2.37. The number of anilines is 1. The lowest BCUT2D eigenvalue weighted by Crippen LogP contribution is -2.42. The molecule has 0 aliphatic carbocycles. The highest BCUT2D eigenvalue weighted by atomic mass is 19.4. The molecule has 1 aromatic rings. The van der Waals surface area contributed by atoms with Gasteiger partial charge in [0.15, 0.2) is 0 Å². The standard InChI is InChI=1S/C16H20F3N3O3/c1-2-3-15(23)21-8-6-11(7-9-21)20-12-4-5-14(22(24)25)13(10-12)16(17,18)19/h4-5,10-11,20H,2-3,6-9H2,1H3. The molecule has 1 aliphatic rings. The molecule has 25 heavy (non-hydrogen) atoms. The Bertz CT molecular complexity index is 641. The Morgan fingerprint density at radius 2 is 2.00 bits per heavy atom. The van der Waals surface area contributed by atoms with E-state index in [1.165, 1.54) is 6.07 Å². The van der Waals surface area contributed by atoms with Crippen LogP contribution in [0, 0.1) is 10.1 Å². The summed E-state index contributed by atoms with van der Waals surface area (Å²) in [6, 6.07) is 2.84. The average molecular weight is 359 g/mol. The third kappa shape index (κ3) is 4.83. The summed E-state index contributed by atoms with van der Waals surface area (Å²) in [5.41, 5.74) is -2.03. The maximum Gasteiger partial charge on any atom is 0.423 e. The zero-order valence-electron chi connectivity index (χ0n) is 13.8. The molecule has 1 aromatic carbocycles. The zero-order chi connectivity index (χ0) is 18.6. The van der Waals surface area contributed by atoms with Gasteiger partial charge in [0.05, 0.1) is 4.92 Å². The summed E-state index contributed by atoms with van der Waals surface area (Å²) in [7, 11) is 0. The van der Waals surface area contributed by atoms with Crippen molar-refractivity contribution in [3.05, 3.63) is 33.9 Å². The minimum absolute atomic E-state index is 0.0757. The summed E-state index contributed by atoms with van der Waals surface area (Å²) in [6.45, 7) is 3.03. The smallest absolute Gasteiger partial charge is 0.382 e. The Labute approximate surface area is 143 Å². The van der Waals surface area contributed by atoms with Gasteiger partial charge in [0, 0.05) is 37.3 Å². The third-order valence-electron chi connectivity index (χ3n) is 4.18. The van der Waals surface area contributed by atoms with Crippen molar-refractivity contribution in [1.82, 2.24) is 4.90 Å². The molecule has 138 valence electrons. The van der Waals surface area contributed by atoms with Crippen LogP contribution < -0.4 is 5.32 Å². The summed E-state index contributed by atoms with van der Waals surface area (Å²) in [5, 5.41) is 13.8. The first-order valence-corrected chi connectivity index (χ1v) is 8.12. The highest BCUT2D eigenvalue weighted by Gasteiger charge is 2.38. The van der Waals surface area contributed by atoms with Crippen molar-refractivity contribution in [3.63, 3.8) is 0 Å². The van der Waals surface area contributed by atoms with Crippen LogP contribution in [0.1, 0.15) is 38.2 Å². The maximum atomic E-state index is 13.0. The van der Waals surface area contributed by atoms with Crippen LogP contribution in [0.4, 0.5) is 24.5 Å². The monoisotopic (exact) mass is 359 g/mol. The van der Waals surface area contributed by atoms with Crippen LogP contribution in [0.2, 0.25) is 0 Å². The summed E-state index contributed by atoms with van der Waals surface area (Å²) in [5.74, 6) is 0.0932. The summed E-state index contributed by atoms with van der Waals surface area (Å²) >= 11 is 0. The van der Waals surface area contributed by atoms with Crippen LogP contribution in [0.5, 0.6) is 0 Å². The predicted molar refractivity (Wildman–Crippen MR) is 86.2 cm³/mol. The van der Waals surface area contributed by atoms with E-state index in [2.05, 4.69) is 5.32 Å². The van der Waals surface area contributed by atoms with Crippen molar-refractivity contribution < 1.29 is 22.9 Å². The fourth-order valence-electron chi connectivity index (χ4n) is 2.89. The third-order valence-corrected chi connectivity index (χ3v) is 4.18. The summed E-state index contributed by atoms with van der Waals surface area (Å²) < 4.78 is 39.0. The number of piperidine rings is 1. The second-order valence-electron chi connectivity index (χ2n) is 6.04. The SMILES string of the molecule is CCCC(=O)N1CCC(Nc2ccc([N+](=O)[O-])c(C(F)(F)F)c2)CC1. The van der Waals surface area contributed by atoms with Gasteiger partial charge in [0.25, 0.3) is 5.69 Å². The number of nitrogens with one attached hydrogen (secondary N) is 1. The number of nitro benzene ring substituents is 1. The first-order valence-electron chi connectivity index (χ1n) is 8.12. The van der Waals surface area contributed by atoms with E-state index in [9.17, 15) is 28.1 Å². The Hall–Kier alpha value is -2.32. The number of nitro groups is 1. The van der Waals surface area contributed by atoms with Gasteiger partial charge in [-0.1, -0.05) is 6.92 Å². The van der Waals surface area contributed by atoms with Crippen LogP contribution in [0.25, 0.3) is 0 Å². The van der Waals surface area contributed by atoms with Gasteiger partial charge < -0.3 is 10.2 Å². The Kier molecular flexibility index (Phi) is 5.86. The molecule has 0 spiro atoms. The Balaban J connectivity index is 2.04. The van der Waals surface area contributed by atoms with Crippen LogP contribution in [0.3, 0.4) is 0 Å². The minimum atomic E-state index is -4.80. The topological polar surface area (TPSA) is 75.5 Å². The van der Waals surface area contributed by atoms with Gasteiger partial charge in [0.1, 0.15) is 5.56 Å². The van der Waals surface area contributed by atoms with E-state index in [0.717, 1.165) is 18.6 Å². The van der Waals surface area contributed by atoms with E-state index in [4.69, 9.17) is 0 Å². The predicted octanol–water partition coefficient (Wildman–Crippen LogP) is 3.82. The Morgan fingerprint density at radius 3 is 2.52 bits per heavy atom.